The van der Waals surface area contributed by atoms with Crippen molar-refractivity contribution in [2.75, 3.05) is 42.6 Å². The number of carbonyl (C=O) groups is 1. The molecule has 4 nitrogen and oxygen atoms in total. The van der Waals surface area contributed by atoms with Gasteiger partial charge in [0.25, 0.3) is 5.91 Å². The third-order valence-electron chi connectivity index (χ3n) is 4.88. The Morgan fingerprint density at radius 1 is 1.00 bits per heavy atom. The van der Waals surface area contributed by atoms with Crippen molar-refractivity contribution in [1.29, 1.82) is 0 Å². The minimum Gasteiger partial charge on any atom is -0.378 e. The van der Waals surface area contributed by atoms with Gasteiger partial charge in [0, 0.05) is 36.6 Å². The fraction of sp³-hybridized carbons (Fsp3) is 0.350. The van der Waals surface area contributed by atoms with E-state index in [0.29, 0.717) is 0 Å². The first-order chi connectivity index (χ1) is 11.7. The number of ether oxygens (including phenoxy) is 1. The first kappa shape index (κ1) is 15.2. The second-order valence-electron chi connectivity index (χ2n) is 6.49. The molecule has 2 aromatic rings. The molecule has 124 valence electrons. The molecule has 0 aliphatic carbocycles. The molecule has 2 heterocycles. The van der Waals surface area contributed by atoms with Crippen molar-refractivity contribution < 1.29 is 9.53 Å². The summed E-state index contributed by atoms with van der Waals surface area (Å²) in [5.41, 5.74) is 5.42. The molecule has 0 spiro atoms. The van der Waals surface area contributed by atoms with Crippen LogP contribution in [-0.4, -0.2) is 38.8 Å². The van der Waals surface area contributed by atoms with Crippen molar-refractivity contribution in [1.82, 2.24) is 0 Å². The third-order valence-corrected chi connectivity index (χ3v) is 4.88. The number of hydrogen-bond acceptors (Lipinski definition) is 3. The van der Waals surface area contributed by atoms with E-state index in [1.165, 1.54) is 16.8 Å². The van der Waals surface area contributed by atoms with Crippen molar-refractivity contribution in [2.45, 2.75) is 13.3 Å². The zero-order valence-electron chi connectivity index (χ0n) is 14.0. The first-order valence-electron chi connectivity index (χ1n) is 8.56. The topological polar surface area (TPSA) is 32.8 Å². The number of nitrogens with zero attached hydrogens (tertiary/aromatic N) is 2. The Labute approximate surface area is 142 Å². The zero-order chi connectivity index (χ0) is 16.5. The molecule has 4 rings (SSSR count). The van der Waals surface area contributed by atoms with E-state index in [2.05, 4.69) is 23.1 Å². The predicted molar refractivity (Wildman–Crippen MR) is 96.0 cm³/mol. The lowest BCUT2D eigenvalue weighted by atomic mass is 10.1. The molecular weight excluding hydrogens is 300 g/mol. The molecule has 0 bridgehead atoms. The summed E-state index contributed by atoms with van der Waals surface area (Å²) in [5.74, 6) is 0.0906. The number of carbonyl (C=O) groups excluding carboxylic acids is 1. The van der Waals surface area contributed by atoms with Crippen LogP contribution in [0.1, 0.15) is 21.5 Å². The molecule has 0 radical (unpaired) electrons. The summed E-state index contributed by atoms with van der Waals surface area (Å²) in [6, 6.07) is 14.3. The Morgan fingerprint density at radius 2 is 1.75 bits per heavy atom. The van der Waals surface area contributed by atoms with Gasteiger partial charge in [-0.25, -0.2) is 0 Å². The fourth-order valence-corrected chi connectivity index (χ4v) is 3.45. The van der Waals surface area contributed by atoms with Crippen LogP contribution in [0, 0.1) is 6.92 Å². The van der Waals surface area contributed by atoms with Crippen molar-refractivity contribution in [2.24, 2.45) is 0 Å². The van der Waals surface area contributed by atoms with Gasteiger partial charge in [0.2, 0.25) is 0 Å². The molecule has 0 aromatic heterocycles. The second kappa shape index (κ2) is 6.29. The number of anilines is 2. The van der Waals surface area contributed by atoms with Crippen molar-refractivity contribution in [3.63, 3.8) is 0 Å². The van der Waals surface area contributed by atoms with Gasteiger partial charge in [-0.15, -0.1) is 0 Å². The maximum Gasteiger partial charge on any atom is 0.258 e. The normalized spacial score (nSPS) is 17.0. The smallest absolute Gasteiger partial charge is 0.258 e. The molecule has 0 saturated carbocycles. The second-order valence-corrected chi connectivity index (χ2v) is 6.49. The van der Waals surface area contributed by atoms with Crippen LogP contribution in [0.5, 0.6) is 0 Å². The van der Waals surface area contributed by atoms with E-state index in [-0.39, 0.29) is 5.91 Å². The molecule has 24 heavy (non-hydrogen) atoms. The Bertz CT molecular complexity index is 749. The van der Waals surface area contributed by atoms with E-state index in [4.69, 9.17) is 4.74 Å². The van der Waals surface area contributed by atoms with Crippen LogP contribution in [0.2, 0.25) is 0 Å². The Balaban J connectivity index is 1.62. The van der Waals surface area contributed by atoms with E-state index in [9.17, 15) is 4.79 Å². The number of rotatable bonds is 2. The molecule has 0 atom stereocenters. The summed E-state index contributed by atoms with van der Waals surface area (Å²) in [4.78, 5) is 17.2. The molecule has 2 aromatic carbocycles. The van der Waals surface area contributed by atoms with E-state index in [1.807, 2.05) is 36.1 Å². The Morgan fingerprint density at radius 3 is 2.50 bits per heavy atom. The van der Waals surface area contributed by atoms with E-state index < -0.39 is 0 Å². The van der Waals surface area contributed by atoms with Gasteiger partial charge >= 0.3 is 0 Å². The maximum atomic E-state index is 12.9. The molecule has 1 amide bonds. The quantitative estimate of drug-likeness (QED) is 0.852. The minimum atomic E-state index is 0.0906. The lowest BCUT2D eigenvalue weighted by molar-refractivity contribution is 0.0989. The molecule has 1 fully saturated rings. The van der Waals surface area contributed by atoms with Crippen LogP contribution in [0.4, 0.5) is 11.4 Å². The van der Waals surface area contributed by atoms with E-state index in [1.54, 1.807) is 0 Å². The number of morpholine rings is 1. The van der Waals surface area contributed by atoms with Gasteiger partial charge in [-0.3, -0.25) is 4.79 Å². The zero-order valence-corrected chi connectivity index (χ0v) is 14.0. The van der Waals surface area contributed by atoms with Crippen molar-refractivity contribution in [3.8, 4) is 0 Å². The fourth-order valence-electron chi connectivity index (χ4n) is 3.45. The van der Waals surface area contributed by atoms with E-state index >= 15 is 0 Å². The van der Waals surface area contributed by atoms with Crippen LogP contribution < -0.4 is 9.80 Å². The molecular formula is C20H22N2O2. The minimum absolute atomic E-state index is 0.0906. The summed E-state index contributed by atoms with van der Waals surface area (Å²) < 4.78 is 5.43. The average Bonchev–Trinajstić information content (AvgIpc) is 3.05. The SMILES string of the molecule is Cc1ccc(C(=O)N2CCc3ccc(N4CCOCC4)cc32)cc1. The van der Waals surface area contributed by atoms with Crippen LogP contribution in [0.25, 0.3) is 0 Å². The van der Waals surface area contributed by atoms with Gasteiger partial charge in [-0.1, -0.05) is 23.8 Å². The highest BCUT2D eigenvalue weighted by Gasteiger charge is 2.26. The summed E-state index contributed by atoms with van der Waals surface area (Å²) >= 11 is 0. The number of amides is 1. The van der Waals surface area contributed by atoms with Crippen LogP contribution >= 0.6 is 0 Å². The van der Waals surface area contributed by atoms with Gasteiger partial charge in [-0.05, 0) is 43.2 Å². The van der Waals surface area contributed by atoms with Gasteiger partial charge < -0.3 is 14.5 Å². The Kier molecular flexibility index (Phi) is 3.98. The van der Waals surface area contributed by atoms with E-state index in [0.717, 1.165) is 50.5 Å². The lowest BCUT2D eigenvalue weighted by Crippen LogP contribution is -2.36. The Hall–Kier alpha value is -2.33. The summed E-state index contributed by atoms with van der Waals surface area (Å²) in [6.07, 6.45) is 0.927. The summed E-state index contributed by atoms with van der Waals surface area (Å²) in [6.45, 7) is 6.14. The average molecular weight is 322 g/mol. The predicted octanol–water partition coefficient (Wildman–Crippen LogP) is 3.03. The molecule has 0 unspecified atom stereocenters. The number of aryl methyl sites for hydroxylation is 1. The van der Waals surface area contributed by atoms with Gasteiger partial charge in [0.05, 0.1) is 13.2 Å². The lowest BCUT2D eigenvalue weighted by Gasteiger charge is -2.29. The molecule has 2 aliphatic heterocycles. The number of hydrogen-bond donors (Lipinski definition) is 0. The maximum absolute atomic E-state index is 12.9. The third kappa shape index (κ3) is 2.78. The first-order valence-corrected chi connectivity index (χ1v) is 8.56. The van der Waals surface area contributed by atoms with Gasteiger partial charge in [0.1, 0.15) is 0 Å². The highest BCUT2D eigenvalue weighted by atomic mass is 16.5. The molecule has 1 saturated heterocycles. The molecule has 4 heteroatoms. The molecule has 0 N–H and O–H groups in total. The van der Waals surface area contributed by atoms with Gasteiger partial charge in [0.15, 0.2) is 0 Å². The van der Waals surface area contributed by atoms with Crippen LogP contribution in [0.3, 0.4) is 0 Å². The number of fused-ring (bicyclic) bond motifs is 1. The summed E-state index contributed by atoms with van der Waals surface area (Å²) in [5, 5.41) is 0. The van der Waals surface area contributed by atoms with Crippen molar-refractivity contribution >= 4 is 17.3 Å². The highest BCUT2D eigenvalue weighted by molar-refractivity contribution is 6.07. The highest BCUT2D eigenvalue weighted by Crippen LogP contribution is 2.33. The van der Waals surface area contributed by atoms with Crippen LogP contribution in [0.15, 0.2) is 42.5 Å². The van der Waals surface area contributed by atoms with Crippen LogP contribution in [-0.2, 0) is 11.2 Å². The standard InChI is InChI=1S/C20H22N2O2/c1-15-2-4-17(5-3-15)20(23)22-9-8-16-6-7-18(14-19(16)22)21-10-12-24-13-11-21/h2-7,14H,8-13H2,1H3. The van der Waals surface area contributed by atoms with Gasteiger partial charge in [-0.2, -0.15) is 0 Å². The molecule has 2 aliphatic rings. The number of benzene rings is 2. The largest absolute Gasteiger partial charge is 0.378 e. The van der Waals surface area contributed by atoms with Crippen molar-refractivity contribution in [3.05, 3.63) is 59.2 Å². The summed E-state index contributed by atoms with van der Waals surface area (Å²) in [7, 11) is 0. The monoisotopic (exact) mass is 322 g/mol.